The first kappa shape index (κ1) is 64.7. The van der Waals surface area contributed by atoms with E-state index in [0.717, 1.165) is 111 Å². The average molecular weight is 1310 g/mol. The van der Waals surface area contributed by atoms with Gasteiger partial charge in [0.1, 0.15) is 52.8 Å². The van der Waals surface area contributed by atoms with Crippen molar-refractivity contribution in [3.63, 3.8) is 0 Å². The van der Waals surface area contributed by atoms with E-state index in [4.69, 9.17) is 30.1 Å². The number of aryl methyl sites for hydroxylation is 1. The maximum Gasteiger partial charge on any atom is 0.186 e. The summed E-state index contributed by atoms with van der Waals surface area (Å²) in [6.07, 6.45) is 24.7. The van der Waals surface area contributed by atoms with E-state index in [0.29, 0.717) is 19.8 Å². The van der Waals surface area contributed by atoms with Crippen molar-refractivity contribution in [2.75, 3.05) is 54.9 Å². The van der Waals surface area contributed by atoms with E-state index >= 15 is 0 Å². The highest BCUT2D eigenvalue weighted by Gasteiger charge is 2.49. The van der Waals surface area contributed by atoms with Crippen molar-refractivity contribution in [1.82, 2.24) is 49.8 Å². The Kier molecular flexibility index (Phi) is 26.2. The van der Waals surface area contributed by atoms with Gasteiger partial charge in [0.25, 0.3) is 0 Å². The van der Waals surface area contributed by atoms with Crippen LogP contribution in [-0.2, 0) is 34.8 Å². The summed E-state index contributed by atoms with van der Waals surface area (Å²) in [5, 5.41) is 3.28. The van der Waals surface area contributed by atoms with Gasteiger partial charge in [0.15, 0.2) is 6.29 Å². The fourth-order valence-electron chi connectivity index (χ4n) is 7.33. The lowest BCUT2D eigenvalue weighted by atomic mass is 9.90. The molecule has 428 valence electrons. The van der Waals surface area contributed by atoms with Crippen LogP contribution in [0.2, 0.25) is 0 Å². The van der Waals surface area contributed by atoms with Crippen LogP contribution >= 0.6 is 47.8 Å². The monoisotopic (exact) mass is 1310 g/mol. The molecule has 0 spiro atoms. The minimum Gasteiger partial charge on any atom is -0.385 e. The highest BCUT2D eigenvalue weighted by atomic mass is 79.9. The zero-order chi connectivity index (χ0) is 59.5. The minimum atomic E-state index is -0.346. The molecule has 0 unspecified atom stereocenters. The van der Waals surface area contributed by atoms with Crippen molar-refractivity contribution >= 4 is 80.9 Å². The largest absolute Gasteiger partial charge is 0.385 e. The first-order valence-electron chi connectivity index (χ1n) is 26.0. The summed E-state index contributed by atoms with van der Waals surface area (Å²) in [6.45, 7) is 10.3. The van der Waals surface area contributed by atoms with E-state index in [2.05, 4.69) is 190 Å². The predicted molar refractivity (Wildman–Crippen MR) is 338 cm³/mol. The number of pyridine rings is 7. The van der Waals surface area contributed by atoms with Crippen molar-refractivity contribution in [2.45, 2.75) is 58.0 Å². The second-order valence-corrected chi connectivity index (χ2v) is 21.5. The molecule has 3 N–H and O–H groups in total. The Hall–Kier alpha value is -7.45. The van der Waals surface area contributed by atoms with Crippen molar-refractivity contribution in [2.24, 2.45) is 0 Å². The van der Waals surface area contributed by atoms with Crippen LogP contribution < -0.4 is 0 Å². The lowest BCUT2D eigenvalue weighted by molar-refractivity contribution is -0.0896. The number of H-pyrrole nitrogens is 3. The third kappa shape index (κ3) is 20.7. The van der Waals surface area contributed by atoms with Crippen LogP contribution in [0.15, 0.2) is 160 Å². The van der Waals surface area contributed by atoms with Crippen LogP contribution in [0, 0.1) is 36.0 Å². The molecule has 0 aromatic carbocycles. The third-order valence-corrected chi connectivity index (χ3v) is 13.7. The highest BCUT2D eigenvalue weighted by Crippen LogP contribution is 2.44. The van der Waals surface area contributed by atoms with Gasteiger partial charge in [0.2, 0.25) is 0 Å². The van der Waals surface area contributed by atoms with E-state index < -0.39 is 0 Å². The first-order valence-corrected chi connectivity index (χ1v) is 28.4. The average Bonchev–Trinajstić information content (AvgIpc) is 3.82. The molecule has 0 amide bonds. The number of fused-ring (bicyclic) bond motifs is 3. The second-order valence-electron chi connectivity index (χ2n) is 18.9. The van der Waals surface area contributed by atoms with Crippen molar-refractivity contribution in [1.29, 1.82) is 0 Å². The zero-order valence-corrected chi connectivity index (χ0v) is 52.2. The number of ether oxygens (including phenoxy) is 6. The SMILES string of the molecule is Brc1ccc(Br)nc1.C#CCOC.CC1(C)OC(c2cnc3[nH]ccc3c2)OC1(C)C.COCC#Cc1ccc(-c2cnc3[nH]ccc3c2)cn1.COCC#Cc1ccc(Br)cn1.COCCCc1ccc(-c2cnc3[nH]ccc3c2)cn1. The Bertz CT molecular complexity index is 3690. The van der Waals surface area contributed by atoms with E-state index in [1.807, 2.05) is 98.0 Å². The molecule has 10 aromatic rings. The molecule has 0 bridgehead atoms. The summed E-state index contributed by atoms with van der Waals surface area (Å²) in [5.41, 5.74) is 9.87. The highest BCUT2D eigenvalue weighted by molar-refractivity contribution is 9.11. The Morgan fingerprint density at radius 2 is 0.976 bits per heavy atom. The molecule has 1 aliphatic heterocycles. The van der Waals surface area contributed by atoms with Gasteiger partial charge in [0, 0.05) is 156 Å². The van der Waals surface area contributed by atoms with Gasteiger partial charge in [-0.1, -0.05) is 23.8 Å². The van der Waals surface area contributed by atoms with Gasteiger partial charge in [-0.15, -0.1) is 6.42 Å². The molecule has 0 radical (unpaired) electrons. The van der Waals surface area contributed by atoms with Gasteiger partial charge in [-0.3, -0.25) is 4.98 Å². The number of aromatic nitrogens is 10. The summed E-state index contributed by atoms with van der Waals surface area (Å²) in [6, 6.07) is 27.9. The summed E-state index contributed by atoms with van der Waals surface area (Å²) in [5.74, 6) is 13.8. The molecule has 0 saturated carbocycles. The fraction of sp³-hybridized carbons (Fsp3) is 0.266. The molecule has 19 heteroatoms. The predicted octanol–water partition coefficient (Wildman–Crippen LogP) is 13.7. The normalized spacial score (nSPS) is 12.6. The number of hydrogen-bond acceptors (Lipinski definition) is 13. The molecular formula is C64H65Br3N10O6. The summed E-state index contributed by atoms with van der Waals surface area (Å²) < 4.78 is 34.0. The standard InChI is InChI=1S/C16H17N3O.C16H13N3O.C14H18N2O2.C9H8BrNO.C5H3Br2N.C4H6O/c2*1-20-8-2-3-15-5-4-13(10-18-15)14-9-12-6-7-17-16(12)19-11-14;1-13(2)14(3,4)18-12(17-13)10-7-9-5-6-15-11(9)16-8-10;1-12-6-2-3-9-5-4-8(10)7-11-9;6-4-1-2-5(7)8-3-4;1-3-4-5-2/h4-7,9-11H,2-3,8H2,1H3,(H,17,19);4-7,9-11H,8H2,1H3,(H,17,19);5-8,12H,1-4H3,(H,15,16);4-5,7H,6H2,1H3;1-3H;1H,4H2,2H3. The van der Waals surface area contributed by atoms with E-state index in [1.54, 1.807) is 47.0 Å². The lowest BCUT2D eigenvalue weighted by Crippen LogP contribution is -2.41. The molecular weight excluding hydrogens is 1240 g/mol. The number of hydrogen-bond donors (Lipinski definition) is 3. The van der Waals surface area contributed by atoms with E-state index in [-0.39, 0.29) is 17.5 Å². The van der Waals surface area contributed by atoms with Gasteiger partial charge in [-0.2, -0.15) is 0 Å². The number of rotatable bonds is 10. The number of aromatic amines is 3. The number of terminal acetylenes is 1. The van der Waals surface area contributed by atoms with E-state index in [9.17, 15) is 0 Å². The molecule has 83 heavy (non-hydrogen) atoms. The van der Waals surface area contributed by atoms with Crippen LogP contribution in [0.5, 0.6) is 0 Å². The Morgan fingerprint density at radius 1 is 0.506 bits per heavy atom. The van der Waals surface area contributed by atoms with Crippen LogP contribution in [0.25, 0.3) is 55.4 Å². The van der Waals surface area contributed by atoms with Crippen LogP contribution in [0.4, 0.5) is 0 Å². The smallest absolute Gasteiger partial charge is 0.186 e. The topological polar surface area (TPSA) is 193 Å². The number of methoxy groups -OCH3 is 4. The molecule has 16 nitrogen and oxygen atoms in total. The van der Waals surface area contributed by atoms with Gasteiger partial charge < -0.3 is 43.4 Å². The molecule has 11 heterocycles. The Balaban J connectivity index is 0.000000168. The molecule has 0 atom stereocenters. The minimum absolute atomic E-state index is 0.315. The molecule has 0 aliphatic carbocycles. The van der Waals surface area contributed by atoms with Gasteiger partial charge in [-0.25, -0.2) is 29.9 Å². The maximum atomic E-state index is 6.00. The van der Waals surface area contributed by atoms with Gasteiger partial charge in [0.05, 0.1) is 11.2 Å². The Labute approximate surface area is 510 Å². The summed E-state index contributed by atoms with van der Waals surface area (Å²) >= 11 is 9.77. The number of nitrogens with one attached hydrogen (secondary N) is 3. The van der Waals surface area contributed by atoms with Crippen LogP contribution in [-0.4, -0.2) is 116 Å². The van der Waals surface area contributed by atoms with Gasteiger partial charge >= 0.3 is 0 Å². The van der Waals surface area contributed by atoms with Crippen molar-refractivity contribution in [3.8, 4) is 58.3 Å². The maximum absolute atomic E-state index is 6.00. The lowest BCUT2D eigenvalue weighted by Gasteiger charge is -2.30. The first-order chi connectivity index (χ1) is 40.1. The summed E-state index contributed by atoms with van der Waals surface area (Å²) in [4.78, 5) is 39.2. The number of nitrogens with zero attached hydrogens (tertiary/aromatic N) is 7. The van der Waals surface area contributed by atoms with Crippen LogP contribution in [0.1, 0.15) is 63.1 Å². The molecule has 1 fully saturated rings. The fourth-order valence-corrected chi connectivity index (χ4v) is 8.03. The second kappa shape index (κ2) is 33.6. The van der Waals surface area contributed by atoms with Crippen LogP contribution in [0.3, 0.4) is 0 Å². The summed E-state index contributed by atoms with van der Waals surface area (Å²) in [7, 11) is 6.53. The number of halogens is 3. The Morgan fingerprint density at radius 3 is 1.40 bits per heavy atom. The van der Waals surface area contributed by atoms with Gasteiger partial charge in [-0.05, 0) is 179 Å². The molecule has 10 aromatic heterocycles. The zero-order valence-electron chi connectivity index (χ0n) is 47.5. The van der Waals surface area contributed by atoms with Crippen molar-refractivity contribution < 1.29 is 28.4 Å². The molecule has 11 rings (SSSR count). The van der Waals surface area contributed by atoms with Crippen molar-refractivity contribution in [3.05, 3.63) is 183 Å². The quantitative estimate of drug-likeness (QED) is 0.0666. The third-order valence-electron chi connectivity index (χ3n) is 12.3. The molecule has 1 saturated heterocycles. The van der Waals surface area contributed by atoms with E-state index in [1.165, 1.54) is 0 Å². The molecule has 1 aliphatic rings.